The van der Waals surface area contributed by atoms with E-state index in [9.17, 15) is 4.79 Å². The molecule has 1 N–H and O–H groups in total. The van der Waals surface area contributed by atoms with Crippen LogP contribution in [-0.4, -0.2) is 12.6 Å². The molecule has 3 heteroatoms. The van der Waals surface area contributed by atoms with Crippen molar-refractivity contribution >= 4 is 6.09 Å². The fourth-order valence-electron chi connectivity index (χ4n) is 0.798. The van der Waals surface area contributed by atoms with Gasteiger partial charge in [0.15, 0.2) is 0 Å². The number of alkyl carbamates (subject to hydrolysis) is 1. The van der Waals surface area contributed by atoms with E-state index in [1.54, 1.807) is 6.61 Å². The lowest BCUT2D eigenvalue weighted by molar-refractivity contribution is 0.169. The van der Waals surface area contributed by atoms with Crippen LogP contribution in [-0.2, 0) is 4.74 Å². The van der Waals surface area contributed by atoms with Crippen molar-refractivity contribution in [3.63, 3.8) is 0 Å². The molecular formula is C9H18NO2. The number of hydrogen-bond donors (Lipinski definition) is 1. The van der Waals surface area contributed by atoms with Crippen molar-refractivity contribution in [1.82, 2.24) is 5.32 Å². The highest BCUT2D eigenvalue weighted by molar-refractivity contribution is 5.67. The van der Waals surface area contributed by atoms with Crippen LogP contribution in [0.3, 0.4) is 0 Å². The fourth-order valence-corrected chi connectivity index (χ4v) is 0.798. The number of carbonyl (C=O) groups is 1. The van der Waals surface area contributed by atoms with Gasteiger partial charge in [0.2, 0.25) is 0 Å². The molecule has 0 fully saturated rings. The van der Waals surface area contributed by atoms with Gasteiger partial charge in [-0.25, -0.2) is 4.79 Å². The number of unbranched alkanes of at least 4 members (excludes halogenated alkanes) is 3. The Hall–Kier alpha value is -0.730. The molecule has 1 amide bonds. The monoisotopic (exact) mass is 172 g/mol. The van der Waals surface area contributed by atoms with E-state index < -0.39 is 0 Å². The maximum Gasteiger partial charge on any atom is 0.407 e. The standard InChI is InChI=1S/C9H18NO2/c1-3-5-6-7-8-12-9(11)10-4-2/h8H,3-7H2,1-2H3,(H,10,11). The summed E-state index contributed by atoms with van der Waals surface area (Å²) < 4.78 is 4.75. The summed E-state index contributed by atoms with van der Waals surface area (Å²) in [6, 6.07) is 0. The van der Waals surface area contributed by atoms with Gasteiger partial charge in [0.05, 0.1) is 0 Å². The number of rotatable bonds is 6. The van der Waals surface area contributed by atoms with Crippen LogP contribution >= 0.6 is 0 Å². The Balaban J connectivity index is 3.03. The minimum absolute atomic E-state index is 0.353. The first-order chi connectivity index (χ1) is 5.81. The van der Waals surface area contributed by atoms with Gasteiger partial charge in [0.25, 0.3) is 0 Å². The second kappa shape index (κ2) is 8.37. The molecule has 0 heterocycles. The number of hydrogen-bond acceptors (Lipinski definition) is 2. The van der Waals surface area contributed by atoms with Crippen LogP contribution in [0.2, 0.25) is 0 Å². The summed E-state index contributed by atoms with van der Waals surface area (Å²) in [4.78, 5) is 10.7. The highest BCUT2D eigenvalue weighted by atomic mass is 16.5. The van der Waals surface area contributed by atoms with E-state index in [0.717, 1.165) is 12.8 Å². The Bertz CT molecular complexity index is 115. The van der Waals surface area contributed by atoms with E-state index in [0.29, 0.717) is 6.54 Å². The van der Waals surface area contributed by atoms with Crippen LogP contribution in [0.5, 0.6) is 0 Å². The number of amides is 1. The molecule has 0 spiro atoms. The minimum Gasteiger partial charge on any atom is -0.442 e. The largest absolute Gasteiger partial charge is 0.442 e. The minimum atomic E-state index is -0.353. The summed E-state index contributed by atoms with van der Waals surface area (Å²) in [5.41, 5.74) is 0. The summed E-state index contributed by atoms with van der Waals surface area (Å²) >= 11 is 0. The molecule has 3 nitrogen and oxygen atoms in total. The average Bonchev–Trinajstić information content (AvgIpc) is 2.05. The van der Waals surface area contributed by atoms with Crippen molar-refractivity contribution in [2.75, 3.05) is 6.54 Å². The number of nitrogens with one attached hydrogen (secondary N) is 1. The first kappa shape index (κ1) is 11.3. The molecule has 0 saturated heterocycles. The molecule has 0 bridgehead atoms. The lowest BCUT2D eigenvalue weighted by atomic mass is 10.2. The van der Waals surface area contributed by atoms with Gasteiger partial charge in [0.1, 0.15) is 6.61 Å². The Morgan fingerprint density at radius 3 is 2.75 bits per heavy atom. The van der Waals surface area contributed by atoms with E-state index in [-0.39, 0.29) is 6.09 Å². The van der Waals surface area contributed by atoms with Crippen molar-refractivity contribution in [3.05, 3.63) is 6.61 Å². The predicted octanol–water partition coefficient (Wildman–Crippen LogP) is 2.47. The van der Waals surface area contributed by atoms with E-state index >= 15 is 0 Å². The average molecular weight is 172 g/mol. The summed E-state index contributed by atoms with van der Waals surface area (Å²) in [6.07, 6.45) is 3.97. The van der Waals surface area contributed by atoms with Crippen LogP contribution in [0.4, 0.5) is 4.79 Å². The highest BCUT2D eigenvalue weighted by Crippen LogP contribution is 2.01. The maximum atomic E-state index is 10.7. The quantitative estimate of drug-likeness (QED) is 0.625. The molecule has 0 aromatic heterocycles. The lowest BCUT2D eigenvalue weighted by Crippen LogP contribution is -2.22. The van der Waals surface area contributed by atoms with Crippen molar-refractivity contribution < 1.29 is 9.53 Å². The molecule has 0 aliphatic carbocycles. The molecule has 12 heavy (non-hydrogen) atoms. The normalized spacial score (nSPS) is 9.50. The second-order valence-electron chi connectivity index (χ2n) is 2.60. The molecule has 0 aromatic carbocycles. The molecule has 0 aliphatic heterocycles. The van der Waals surface area contributed by atoms with Crippen molar-refractivity contribution in [2.24, 2.45) is 0 Å². The first-order valence-corrected chi connectivity index (χ1v) is 4.57. The predicted molar refractivity (Wildman–Crippen MR) is 48.6 cm³/mol. The SMILES string of the molecule is CCCCC[CH]OC(=O)NCC. The van der Waals surface area contributed by atoms with Crippen LogP contribution in [0, 0.1) is 6.61 Å². The fraction of sp³-hybridized carbons (Fsp3) is 0.778. The third kappa shape index (κ3) is 7.38. The number of carbonyl (C=O) groups excluding carboxylic acids is 1. The summed E-state index contributed by atoms with van der Waals surface area (Å²) in [5.74, 6) is 0. The van der Waals surface area contributed by atoms with Gasteiger partial charge in [-0.1, -0.05) is 19.8 Å². The van der Waals surface area contributed by atoms with Gasteiger partial charge < -0.3 is 10.1 Å². The molecular weight excluding hydrogens is 154 g/mol. The van der Waals surface area contributed by atoms with E-state index in [4.69, 9.17) is 4.74 Å². The maximum absolute atomic E-state index is 10.7. The zero-order valence-corrected chi connectivity index (χ0v) is 7.93. The van der Waals surface area contributed by atoms with E-state index in [1.807, 2.05) is 6.92 Å². The lowest BCUT2D eigenvalue weighted by Gasteiger charge is -2.03. The Kier molecular flexibility index (Phi) is 7.86. The smallest absolute Gasteiger partial charge is 0.407 e. The van der Waals surface area contributed by atoms with Crippen LogP contribution in [0.1, 0.15) is 39.5 Å². The summed E-state index contributed by atoms with van der Waals surface area (Å²) in [7, 11) is 0. The van der Waals surface area contributed by atoms with Gasteiger partial charge in [0, 0.05) is 6.54 Å². The third-order valence-electron chi connectivity index (χ3n) is 1.44. The first-order valence-electron chi connectivity index (χ1n) is 4.57. The Labute approximate surface area is 74.5 Å². The van der Waals surface area contributed by atoms with Gasteiger partial charge >= 0.3 is 6.09 Å². The van der Waals surface area contributed by atoms with Crippen molar-refractivity contribution in [1.29, 1.82) is 0 Å². The Morgan fingerprint density at radius 2 is 2.17 bits per heavy atom. The van der Waals surface area contributed by atoms with Crippen molar-refractivity contribution in [3.8, 4) is 0 Å². The van der Waals surface area contributed by atoms with Crippen LogP contribution < -0.4 is 5.32 Å². The van der Waals surface area contributed by atoms with E-state index in [1.165, 1.54) is 12.8 Å². The van der Waals surface area contributed by atoms with Gasteiger partial charge in [-0.2, -0.15) is 0 Å². The topological polar surface area (TPSA) is 38.3 Å². The molecule has 0 saturated carbocycles. The molecule has 0 rings (SSSR count). The zero-order valence-electron chi connectivity index (χ0n) is 7.93. The van der Waals surface area contributed by atoms with Gasteiger partial charge in [-0.15, -0.1) is 0 Å². The summed E-state index contributed by atoms with van der Waals surface area (Å²) in [5, 5.41) is 2.54. The van der Waals surface area contributed by atoms with Crippen LogP contribution in [0.25, 0.3) is 0 Å². The summed E-state index contributed by atoms with van der Waals surface area (Å²) in [6.45, 7) is 6.19. The van der Waals surface area contributed by atoms with Gasteiger partial charge in [-0.3, -0.25) is 0 Å². The van der Waals surface area contributed by atoms with Crippen LogP contribution in [0.15, 0.2) is 0 Å². The zero-order chi connectivity index (χ0) is 9.23. The third-order valence-corrected chi connectivity index (χ3v) is 1.44. The molecule has 71 valence electrons. The number of ether oxygens (including phenoxy) is 1. The molecule has 0 aromatic rings. The van der Waals surface area contributed by atoms with Crippen molar-refractivity contribution in [2.45, 2.75) is 39.5 Å². The molecule has 0 unspecified atom stereocenters. The second-order valence-corrected chi connectivity index (χ2v) is 2.60. The van der Waals surface area contributed by atoms with E-state index in [2.05, 4.69) is 12.2 Å². The Morgan fingerprint density at radius 1 is 1.42 bits per heavy atom. The highest BCUT2D eigenvalue weighted by Gasteiger charge is 1.98. The molecule has 0 atom stereocenters. The van der Waals surface area contributed by atoms with Gasteiger partial charge in [-0.05, 0) is 19.8 Å². The molecule has 0 aliphatic rings. The molecule has 1 radical (unpaired) electrons.